The molecule has 1 aliphatic heterocycles. The molecular formula is C22H21F2N7O. The fourth-order valence-corrected chi connectivity index (χ4v) is 3.74. The summed E-state index contributed by atoms with van der Waals surface area (Å²) in [6.07, 6.45) is 3.51. The molecule has 0 atom stereocenters. The van der Waals surface area contributed by atoms with Crippen molar-refractivity contribution in [3.05, 3.63) is 65.8 Å². The fraction of sp³-hybridized carbons (Fsp3) is 0.318. The second kappa shape index (κ2) is 8.91. The highest BCUT2D eigenvalue weighted by molar-refractivity contribution is 5.53. The second-order valence-corrected chi connectivity index (χ2v) is 7.78. The molecule has 0 bridgehead atoms. The van der Waals surface area contributed by atoms with Gasteiger partial charge in [0.05, 0.1) is 18.4 Å². The lowest BCUT2D eigenvalue weighted by Gasteiger charge is -2.14. The van der Waals surface area contributed by atoms with E-state index in [-0.39, 0.29) is 5.89 Å². The summed E-state index contributed by atoms with van der Waals surface area (Å²) in [5.74, 6) is -0.619. The zero-order valence-corrected chi connectivity index (χ0v) is 17.2. The topological polar surface area (TPSA) is 85.8 Å². The van der Waals surface area contributed by atoms with Gasteiger partial charge in [0.25, 0.3) is 5.89 Å². The predicted molar refractivity (Wildman–Crippen MR) is 112 cm³/mol. The normalized spacial score (nSPS) is 14.5. The van der Waals surface area contributed by atoms with Crippen molar-refractivity contribution in [2.75, 3.05) is 13.1 Å². The molecule has 5 rings (SSSR count). The van der Waals surface area contributed by atoms with E-state index in [0.29, 0.717) is 17.8 Å². The van der Waals surface area contributed by atoms with Crippen molar-refractivity contribution in [1.29, 1.82) is 0 Å². The maximum absolute atomic E-state index is 12.6. The summed E-state index contributed by atoms with van der Waals surface area (Å²) >= 11 is 0. The van der Waals surface area contributed by atoms with Crippen LogP contribution >= 0.6 is 0 Å². The van der Waals surface area contributed by atoms with E-state index in [2.05, 4.69) is 36.5 Å². The van der Waals surface area contributed by atoms with E-state index < -0.39 is 12.3 Å². The Hall–Kier alpha value is -3.53. The average molecular weight is 437 g/mol. The molecule has 32 heavy (non-hydrogen) atoms. The lowest BCUT2D eigenvalue weighted by Crippen LogP contribution is -2.18. The lowest BCUT2D eigenvalue weighted by molar-refractivity contribution is 0.116. The van der Waals surface area contributed by atoms with Crippen LogP contribution in [-0.2, 0) is 13.1 Å². The van der Waals surface area contributed by atoms with Crippen LogP contribution in [0.2, 0.25) is 0 Å². The molecule has 0 N–H and O–H groups in total. The molecule has 4 aromatic rings. The number of alkyl halides is 2. The smallest absolute Gasteiger partial charge is 0.314 e. The van der Waals surface area contributed by atoms with Crippen LogP contribution in [0.15, 0.2) is 53.2 Å². The maximum Gasteiger partial charge on any atom is 0.314 e. The minimum Gasteiger partial charge on any atom is -0.415 e. The fourth-order valence-electron chi connectivity index (χ4n) is 3.74. The van der Waals surface area contributed by atoms with Crippen molar-refractivity contribution < 1.29 is 13.2 Å². The van der Waals surface area contributed by atoms with Crippen LogP contribution in [0.1, 0.15) is 36.3 Å². The number of pyridine rings is 1. The summed E-state index contributed by atoms with van der Waals surface area (Å²) in [5.41, 5.74) is 4.23. The Morgan fingerprint density at radius 1 is 0.875 bits per heavy atom. The Bertz CT molecular complexity index is 1170. The predicted octanol–water partition coefficient (Wildman–Crippen LogP) is 3.97. The van der Waals surface area contributed by atoms with Gasteiger partial charge in [-0.05, 0) is 55.3 Å². The van der Waals surface area contributed by atoms with Gasteiger partial charge in [0.1, 0.15) is 5.69 Å². The van der Waals surface area contributed by atoms with E-state index in [4.69, 9.17) is 4.42 Å². The molecule has 0 unspecified atom stereocenters. The van der Waals surface area contributed by atoms with E-state index in [1.54, 1.807) is 16.8 Å². The van der Waals surface area contributed by atoms with E-state index in [0.717, 1.165) is 30.9 Å². The molecule has 10 heteroatoms. The molecule has 0 aliphatic carbocycles. The van der Waals surface area contributed by atoms with Gasteiger partial charge in [0.15, 0.2) is 0 Å². The highest BCUT2D eigenvalue weighted by Gasteiger charge is 2.17. The first kappa shape index (κ1) is 20.4. The third-order valence-corrected chi connectivity index (χ3v) is 5.40. The summed E-state index contributed by atoms with van der Waals surface area (Å²) in [7, 11) is 0. The summed E-state index contributed by atoms with van der Waals surface area (Å²) in [6.45, 7) is 3.75. The Morgan fingerprint density at radius 2 is 1.66 bits per heavy atom. The zero-order chi connectivity index (χ0) is 21.9. The molecule has 1 aliphatic rings. The maximum atomic E-state index is 12.6. The largest absolute Gasteiger partial charge is 0.415 e. The lowest BCUT2D eigenvalue weighted by atomic mass is 10.1. The summed E-state index contributed by atoms with van der Waals surface area (Å²) < 4.78 is 31.9. The molecule has 0 saturated carbocycles. The SMILES string of the molecule is FC(F)c1nnc(-c2ccc(Cn3cc(-c4ccc(CN5CCCC5)cn4)nn3)cc2)o1. The molecule has 164 valence electrons. The molecule has 4 heterocycles. The first-order valence-corrected chi connectivity index (χ1v) is 10.4. The molecule has 0 amide bonds. The number of likely N-dealkylation sites (tertiary alicyclic amines) is 1. The van der Waals surface area contributed by atoms with Gasteiger partial charge in [0, 0.05) is 18.3 Å². The molecular weight excluding hydrogens is 416 g/mol. The number of aromatic nitrogens is 6. The first-order valence-electron chi connectivity index (χ1n) is 10.4. The molecule has 1 fully saturated rings. The van der Waals surface area contributed by atoms with Crippen LogP contribution in [0, 0.1) is 0 Å². The van der Waals surface area contributed by atoms with Crippen LogP contribution in [-0.4, -0.2) is 48.2 Å². The van der Waals surface area contributed by atoms with Crippen LogP contribution in [0.4, 0.5) is 8.78 Å². The van der Waals surface area contributed by atoms with Crippen molar-refractivity contribution in [3.8, 4) is 22.8 Å². The number of hydrogen-bond acceptors (Lipinski definition) is 7. The van der Waals surface area contributed by atoms with Gasteiger partial charge in [0.2, 0.25) is 5.89 Å². The standard InChI is InChI=1S/C22H21F2N7O/c23-20(24)22-28-27-21(32-22)17-6-3-15(4-7-17)13-31-14-19(26-29-31)18-8-5-16(11-25-18)12-30-9-1-2-10-30/h3-8,11,14,20H,1-2,9-10,12-13H2. The monoisotopic (exact) mass is 437 g/mol. The first-order chi connectivity index (χ1) is 15.6. The van der Waals surface area contributed by atoms with Gasteiger partial charge in [-0.1, -0.05) is 23.4 Å². The van der Waals surface area contributed by atoms with Gasteiger partial charge in [-0.2, -0.15) is 8.78 Å². The zero-order valence-electron chi connectivity index (χ0n) is 17.2. The Morgan fingerprint density at radius 3 is 2.34 bits per heavy atom. The van der Waals surface area contributed by atoms with Crippen LogP contribution < -0.4 is 0 Å². The number of rotatable bonds is 7. The summed E-state index contributed by atoms with van der Waals surface area (Å²) in [4.78, 5) is 6.99. The van der Waals surface area contributed by atoms with E-state index >= 15 is 0 Å². The van der Waals surface area contributed by atoms with Crippen molar-refractivity contribution in [3.63, 3.8) is 0 Å². The number of hydrogen-bond donors (Lipinski definition) is 0. The van der Waals surface area contributed by atoms with Crippen molar-refractivity contribution in [1.82, 2.24) is 35.1 Å². The molecule has 8 nitrogen and oxygen atoms in total. The van der Waals surface area contributed by atoms with Gasteiger partial charge in [-0.3, -0.25) is 9.88 Å². The Balaban J connectivity index is 1.23. The molecule has 0 spiro atoms. The van der Waals surface area contributed by atoms with Gasteiger partial charge >= 0.3 is 6.43 Å². The van der Waals surface area contributed by atoms with Crippen LogP contribution in [0.5, 0.6) is 0 Å². The minimum atomic E-state index is -2.78. The Kier molecular flexibility index (Phi) is 5.68. The van der Waals surface area contributed by atoms with Crippen molar-refractivity contribution in [2.24, 2.45) is 0 Å². The van der Waals surface area contributed by atoms with E-state index in [1.165, 1.54) is 18.4 Å². The highest BCUT2D eigenvalue weighted by Crippen LogP contribution is 2.24. The van der Waals surface area contributed by atoms with E-state index in [9.17, 15) is 8.78 Å². The Labute approximate surface area is 182 Å². The molecule has 1 saturated heterocycles. The van der Waals surface area contributed by atoms with Gasteiger partial charge in [-0.25, -0.2) is 4.68 Å². The molecule has 1 aromatic carbocycles. The highest BCUT2D eigenvalue weighted by atomic mass is 19.3. The third kappa shape index (κ3) is 4.54. The van der Waals surface area contributed by atoms with Crippen molar-refractivity contribution in [2.45, 2.75) is 32.4 Å². The quantitative estimate of drug-likeness (QED) is 0.432. The van der Waals surface area contributed by atoms with Crippen LogP contribution in [0.3, 0.4) is 0 Å². The third-order valence-electron chi connectivity index (χ3n) is 5.40. The second-order valence-electron chi connectivity index (χ2n) is 7.78. The minimum absolute atomic E-state index is 0.0640. The van der Waals surface area contributed by atoms with Gasteiger partial charge < -0.3 is 4.42 Å². The summed E-state index contributed by atoms with van der Waals surface area (Å²) in [6, 6.07) is 11.3. The van der Waals surface area contributed by atoms with Crippen LogP contribution in [0.25, 0.3) is 22.8 Å². The number of halogens is 2. The van der Waals surface area contributed by atoms with Crippen molar-refractivity contribution >= 4 is 0 Å². The summed E-state index contributed by atoms with van der Waals surface area (Å²) in [5, 5.41) is 15.4. The molecule has 3 aromatic heterocycles. The van der Waals surface area contributed by atoms with Gasteiger partial charge in [-0.15, -0.1) is 15.3 Å². The number of nitrogens with zero attached hydrogens (tertiary/aromatic N) is 7. The number of benzene rings is 1. The molecule has 0 radical (unpaired) electrons. The average Bonchev–Trinajstić information content (AvgIpc) is 3.57. The van der Waals surface area contributed by atoms with E-state index in [1.807, 2.05) is 30.6 Å².